The lowest BCUT2D eigenvalue weighted by Gasteiger charge is -2.31. The van der Waals surface area contributed by atoms with Gasteiger partial charge in [0, 0.05) is 12.0 Å². The minimum Gasteiger partial charge on any atom is -0.409 e. The number of likely N-dealkylation sites (tertiary alicyclic amines) is 1. The fourth-order valence-corrected chi connectivity index (χ4v) is 2.24. The van der Waals surface area contributed by atoms with E-state index in [1.807, 2.05) is 13.8 Å². The first-order valence-corrected chi connectivity index (χ1v) is 6.34. The molecule has 1 heterocycles. The number of aliphatic hydroxyl groups is 1. The molecule has 1 aliphatic heterocycles. The number of amidine groups is 1. The van der Waals surface area contributed by atoms with Gasteiger partial charge in [-0.05, 0) is 38.8 Å². The van der Waals surface area contributed by atoms with Crippen LogP contribution in [-0.4, -0.2) is 46.8 Å². The standard InChI is InChI=1S/C12H25N3O2/c1-12(2,11(13)14-17)6-4-8-15-7-3-5-10(16)9-15/h10,16-17H,3-9H2,1-2H3,(H2,13,14). The van der Waals surface area contributed by atoms with Crippen LogP contribution in [0, 0.1) is 5.41 Å². The highest BCUT2D eigenvalue weighted by Gasteiger charge is 2.24. The Hall–Kier alpha value is -0.810. The molecule has 1 saturated heterocycles. The van der Waals surface area contributed by atoms with Gasteiger partial charge in [-0.15, -0.1) is 0 Å². The normalized spacial score (nSPS) is 23.9. The van der Waals surface area contributed by atoms with Crippen molar-refractivity contribution in [1.29, 1.82) is 0 Å². The Labute approximate surface area is 103 Å². The van der Waals surface area contributed by atoms with Gasteiger partial charge in [-0.1, -0.05) is 19.0 Å². The van der Waals surface area contributed by atoms with Gasteiger partial charge in [0.1, 0.15) is 5.84 Å². The Morgan fingerprint density at radius 3 is 2.82 bits per heavy atom. The highest BCUT2D eigenvalue weighted by molar-refractivity contribution is 5.85. The third kappa shape index (κ3) is 4.52. The number of hydrogen-bond donors (Lipinski definition) is 3. The molecule has 0 aromatic carbocycles. The third-order valence-electron chi connectivity index (χ3n) is 3.56. The molecular formula is C12H25N3O2. The quantitative estimate of drug-likeness (QED) is 0.291. The van der Waals surface area contributed by atoms with Crippen molar-refractivity contribution in [2.75, 3.05) is 19.6 Å². The number of nitrogens with zero attached hydrogens (tertiary/aromatic N) is 2. The van der Waals surface area contributed by atoms with Crippen LogP contribution in [0.3, 0.4) is 0 Å². The molecule has 0 bridgehead atoms. The third-order valence-corrected chi connectivity index (χ3v) is 3.56. The first-order chi connectivity index (χ1) is 7.95. The molecule has 0 radical (unpaired) electrons. The number of rotatable bonds is 5. The molecule has 0 spiro atoms. The van der Waals surface area contributed by atoms with E-state index in [9.17, 15) is 5.11 Å². The lowest BCUT2D eigenvalue weighted by atomic mass is 9.86. The largest absolute Gasteiger partial charge is 0.409 e. The van der Waals surface area contributed by atoms with Crippen molar-refractivity contribution in [2.24, 2.45) is 16.3 Å². The monoisotopic (exact) mass is 243 g/mol. The summed E-state index contributed by atoms with van der Waals surface area (Å²) in [6.07, 6.45) is 3.71. The number of piperidine rings is 1. The van der Waals surface area contributed by atoms with Gasteiger partial charge >= 0.3 is 0 Å². The van der Waals surface area contributed by atoms with E-state index in [4.69, 9.17) is 10.9 Å². The van der Waals surface area contributed by atoms with Gasteiger partial charge in [-0.3, -0.25) is 0 Å². The Morgan fingerprint density at radius 1 is 1.53 bits per heavy atom. The molecule has 1 aliphatic rings. The lowest BCUT2D eigenvalue weighted by Crippen LogP contribution is -2.39. The van der Waals surface area contributed by atoms with E-state index < -0.39 is 0 Å². The average molecular weight is 243 g/mol. The van der Waals surface area contributed by atoms with Crippen molar-refractivity contribution in [2.45, 2.75) is 45.6 Å². The van der Waals surface area contributed by atoms with Crippen LogP contribution in [0.4, 0.5) is 0 Å². The molecule has 1 unspecified atom stereocenters. The second-order valence-corrected chi connectivity index (χ2v) is 5.57. The average Bonchev–Trinajstić information content (AvgIpc) is 2.27. The summed E-state index contributed by atoms with van der Waals surface area (Å²) < 4.78 is 0. The van der Waals surface area contributed by atoms with E-state index in [2.05, 4.69) is 10.1 Å². The van der Waals surface area contributed by atoms with E-state index in [1.54, 1.807) is 0 Å². The second kappa shape index (κ2) is 6.21. The molecule has 5 heteroatoms. The van der Waals surface area contributed by atoms with Crippen LogP contribution in [-0.2, 0) is 0 Å². The van der Waals surface area contributed by atoms with Crippen LogP contribution in [0.25, 0.3) is 0 Å². The molecule has 0 amide bonds. The van der Waals surface area contributed by atoms with Crippen molar-refractivity contribution in [3.63, 3.8) is 0 Å². The van der Waals surface area contributed by atoms with Crippen LogP contribution in [0.15, 0.2) is 5.16 Å². The summed E-state index contributed by atoms with van der Waals surface area (Å²) >= 11 is 0. The maximum absolute atomic E-state index is 9.55. The number of aliphatic hydroxyl groups excluding tert-OH is 1. The Kier molecular flexibility index (Phi) is 5.21. The number of nitrogens with two attached hydrogens (primary N) is 1. The summed E-state index contributed by atoms with van der Waals surface area (Å²) in [5.74, 6) is 0.288. The molecule has 0 aromatic rings. The van der Waals surface area contributed by atoms with Crippen molar-refractivity contribution in [1.82, 2.24) is 4.90 Å². The van der Waals surface area contributed by atoms with Crippen molar-refractivity contribution in [3.8, 4) is 0 Å². The van der Waals surface area contributed by atoms with Gasteiger partial charge < -0.3 is 20.9 Å². The highest BCUT2D eigenvalue weighted by atomic mass is 16.4. The summed E-state index contributed by atoms with van der Waals surface area (Å²) in [6.45, 7) is 6.78. The molecule has 1 atom stereocenters. The van der Waals surface area contributed by atoms with Gasteiger partial charge in [-0.25, -0.2) is 0 Å². The predicted octanol–water partition coefficient (Wildman–Crippen LogP) is 0.996. The minimum absolute atomic E-state index is 0.166. The molecular weight excluding hydrogens is 218 g/mol. The molecule has 5 nitrogen and oxygen atoms in total. The topological polar surface area (TPSA) is 82.1 Å². The maximum atomic E-state index is 9.55. The van der Waals surface area contributed by atoms with Crippen molar-refractivity contribution < 1.29 is 10.3 Å². The summed E-state index contributed by atoms with van der Waals surface area (Å²) in [5.41, 5.74) is 5.38. The predicted molar refractivity (Wildman–Crippen MR) is 68.1 cm³/mol. The van der Waals surface area contributed by atoms with Gasteiger partial charge in [0.25, 0.3) is 0 Å². The summed E-state index contributed by atoms with van der Waals surface area (Å²) in [5, 5.41) is 21.3. The van der Waals surface area contributed by atoms with Crippen molar-refractivity contribution >= 4 is 5.84 Å². The zero-order chi connectivity index (χ0) is 12.9. The van der Waals surface area contributed by atoms with E-state index in [1.165, 1.54) is 0 Å². The molecule has 4 N–H and O–H groups in total. The maximum Gasteiger partial charge on any atom is 0.144 e. The fourth-order valence-electron chi connectivity index (χ4n) is 2.24. The molecule has 0 saturated carbocycles. The Morgan fingerprint density at radius 2 is 2.24 bits per heavy atom. The molecule has 100 valence electrons. The number of hydrogen-bond acceptors (Lipinski definition) is 4. The second-order valence-electron chi connectivity index (χ2n) is 5.57. The first-order valence-electron chi connectivity index (χ1n) is 6.34. The van der Waals surface area contributed by atoms with E-state index in [0.29, 0.717) is 0 Å². The van der Waals surface area contributed by atoms with Crippen LogP contribution in [0.5, 0.6) is 0 Å². The fraction of sp³-hybridized carbons (Fsp3) is 0.917. The highest BCUT2D eigenvalue weighted by Crippen LogP contribution is 2.23. The molecule has 1 fully saturated rings. The Balaban J connectivity index is 2.27. The molecule has 0 aromatic heterocycles. The van der Waals surface area contributed by atoms with Gasteiger partial charge in [-0.2, -0.15) is 0 Å². The minimum atomic E-state index is -0.261. The lowest BCUT2D eigenvalue weighted by molar-refractivity contribution is 0.0689. The molecule has 0 aliphatic carbocycles. The van der Waals surface area contributed by atoms with E-state index in [0.717, 1.165) is 45.3 Å². The molecule has 1 rings (SSSR count). The summed E-state index contributed by atoms with van der Waals surface area (Å²) in [6, 6.07) is 0. The summed E-state index contributed by atoms with van der Waals surface area (Å²) in [4.78, 5) is 2.29. The zero-order valence-electron chi connectivity index (χ0n) is 10.9. The van der Waals surface area contributed by atoms with Crippen LogP contribution >= 0.6 is 0 Å². The molecule has 17 heavy (non-hydrogen) atoms. The number of oxime groups is 1. The van der Waals surface area contributed by atoms with Crippen LogP contribution < -0.4 is 5.73 Å². The zero-order valence-corrected chi connectivity index (χ0v) is 10.9. The van der Waals surface area contributed by atoms with E-state index in [-0.39, 0.29) is 17.4 Å². The smallest absolute Gasteiger partial charge is 0.144 e. The van der Waals surface area contributed by atoms with Crippen molar-refractivity contribution in [3.05, 3.63) is 0 Å². The van der Waals surface area contributed by atoms with Crippen LogP contribution in [0.2, 0.25) is 0 Å². The first kappa shape index (κ1) is 14.3. The Bertz CT molecular complexity index is 266. The van der Waals surface area contributed by atoms with Crippen LogP contribution in [0.1, 0.15) is 39.5 Å². The SMILES string of the molecule is CC(C)(CCCN1CCCC(O)C1)C(N)=NO. The number of β-amino-alcohol motifs (C(OH)–C–C–N with tert-alkyl or cyclic N) is 1. The van der Waals surface area contributed by atoms with E-state index >= 15 is 0 Å². The van der Waals surface area contributed by atoms with Gasteiger partial charge in [0.05, 0.1) is 6.10 Å². The summed E-state index contributed by atoms with van der Waals surface area (Å²) in [7, 11) is 0. The van der Waals surface area contributed by atoms with Gasteiger partial charge in [0.2, 0.25) is 0 Å². The van der Waals surface area contributed by atoms with Gasteiger partial charge in [0.15, 0.2) is 0 Å².